The minimum atomic E-state index is -5.02. The third kappa shape index (κ3) is 3.59. The van der Waals surface area contributed by atoms with Crippen LogP contribution in [0.15, 0.2) is 18.2 Å². The normalized spacial score (nSPS) is 13.3. The van der Waals surface area contributed by atoms with Crippen molar-refractivity contribution in [3.8, 4) is 5.75 Å². The van der Waals surface area contributed by atoms with Crippen molar-refractivity contribution in [2.45, 2.75) is 18.7 Å². The second-order valence-electron chi connectivity index (χ2n) is 3.15. The van der Waals surface area contributed by atoms with Crippen LogP contribution in [-0.4, -0.2) is 17.5 Å². The Morgan fingerprint density at radius 2 is 2.00 bits per heavy atom. The fourth-order valence-electron chi connectivity index (χ4n) is 1.12. The molecular weight excluding hydrogens is 264 g/mol. The van der Waals surface area contributed by atoms with Gasteiger partial charge < -0.3 is 4.74 Å². The van der Waals surface area contributed by atoms with E-state index in [1.54, 1.807) is 0 Å². The number of carbonyl (C=O) groups is 1. The molecule has 0 fully saturated rings. The Morgan fingerprint density at radius 3 is 2.47 bits per heavy atom. The lowest BCUT2D eigenvalue weighted by atomic mass is 10.1. The number of hydrogen-bond donors (Lipinski definition) is 0. The topological polar surface area (TPSA) is 26.3 Å². The Kier molecular flexibility index (Phi) is 3.98. The van der Waals surface area contributed by atoms with E-state index >= 15 is 0 Å². The van der Waals surface area contributed by atoms with E-state index in [9.17, 15) is 22.4 Å². The van der Waals surface area contributed by atoms with E-state index < -0.39 is 34.7 Å². The van der Waals surface area contributed by atoms with Gasteiger partial charge in [0.15, 0.2) is 17.3 Å². The van der Waals surface area contributed by atoms with E-state index in [1.165, 1.54) is 6.92 Å². The summed E-state index contributed by atoms with van der Waals surface area (Å²) in [5.74, 6) is -3.24. The highest BCUT2D eigenvalue weighted by Crippen LogP contribution is 2.28. The summed E-state index contributed by atoms with van der Waals surface area (Å²) in [5, 5.41) is -1.04. The molecule has 0 aliphatic heterocycles. The average Bonchev–Trinajstić information content (AvgIpc) is 2.18. The summed E-state index contributed by atoms with van der Waals surface area (Å²) in [5.41, 5.74) is -0.533. The number of alkyl halides is 4. The van der Waals surface area contributed by atoms with Gasteiger partial charge in [-0.15, -0.1) is 24.8 Å². The molecule has 0 aliphatic rings. The molecule has 0 saturated heterocycles. The van der Waals surface area contributed by atoms with Crippen LogP contribution in [0.5, 0.6) is 5.75 Å². The van der Waals surface area contributed by atoms with Crippen molar-refractivity contribution >= 4 is 17.4 Å². The first kappa shape index (κ1) is 13.8. The monoisotopic (exact) mass is 270 g/mol. The molecule has 1 aromatic carbocycles. The first-order valence-corrected chi connectivity index (χ1v) is 4.88. The zero-order valence-electron chi connectivity index (χ0n) is 8.52. The van der Waals surface area contributed by atoms with Gasteiger partial charge in [-0.1, -0.05) is 6.07 Å². The number of benzene rings is 1. The Labute approximate surface area is 99.1 Å². The number of ketones is 1. The molecule has 7 heteroatoms. The predicted molar refractivity (Wildman–Crippen MR) is 52.7 cm³/mol. The first-order chi connectivity index (χ1) is 7.72. The largest absolute Gasteiger partial charge is 0.573 e. The molecule has 0 spiro atoms. The zero-order valence-corrected chi connectivity index (χ0v) is 9.27. The van der Waals surface area contributed by atoms with Crippen LogP contribution >= 0.6 is 11.6 Å². The van der Waals surface area contributed by atoms with Crippen LogP contribution in [0.3, 0.4) is 0 Å². The van der Waals surface area contributed by atoms with Crippen LogP contribution in [0.25, 0.3) is 0 Å². The maximum absolute atomic E-state index is 13.5. The first-order valence-electron chi connectivity index (χ1n) is 4.45. The third-order valence-electron chi connectivity index (χ3n) is 1.82. The van der Waals surface area contributed by atoms with Gasteiger partial charge in [0, 0.05) is 0 Å². The average molecular weight is 271 g/mol. The molecule has 0 bridgehead atoms. The number of ether oxygens (including phenoxy) is 1. The van der Waals surface area contributed by atoms with E-state index in [2.05, 4.69) is 4.74 Å². The number of hydrogen-bond acceptors (Lipinski definition) is 2. The van der Waals surface area contributed by atoms with Crippen molar-refractivity contribution in [3.63, 3.8) is 0 Å². The van der Waals surface area contributed by atoms with Gasteiger partial charge in [-0.25, -0.2) is 4.39 Å². The summed E-state index contributed by atoms with van der Waals surface area (Å²) in [7, 11) is 0. The van der Waals surface area contributed by atoms with Crippen LogP contribution in [-0.2, 0) is 0 Å². The molecule has 0 aliphatic carbocycles. The van der Waals surface area contributed by atoms with Crippen molar-refractivity contribution in [2.75, 3.05) is 0 Å². The lowest BCUT2D eigenvalue weighted by molar-refractivity contribution is -0.275. The van der Waals surface area contributed by atoms with Crippen LogP contribution in [0.1, 0.15) is 17.3 Å². The zero-order chi connectivity index (χ0) is 13.2. The fourth-order valence-corrected chi connectivity index (χ4v) is 1.24. The summed E-state index contributed by atoms with van der Waals surface area (Å²) in [6, 6.07) is 2.90. The molecule has 0 aromatic heterocycles. The van der Waals surface area contributed by atoms with Crippen LogP contribution in [0.4, 0.5) is 17.6 Å². The smallest absolute Gasteiger partial charge is 0.403 e. The van der Waals surface area contributed by atoms with Crippen molar-refractivity contribution in [3.05, 3.63) is 29.6 Å². The second-order valence-corrected chi connectivity index (χ2v) is 3.80. The van der Waals surface area contributed by atoms with Gasteiger partial charge in [0.25, 0.3) is 0 Å². The van der Waals surface area contributed by atoms with E-state index in [0.717, 1.165) is 18.2 Å². The number of rotatable bonds is 3. The maximum Gasteiger partial charge on any atom is 0.573 e. The third-order valence-corrected chi connectivity index (χ3v) is 2.01. The SMILES string of the molecule is CC(Cl)C(=O)c1cccc(OC(F)(F)F)c1F. The lowest BCUT2D eigenvalue weighted by Crippen LogP contribution is -2.19. The Morgan fingerprint density at radius 1 is 1.41 bits per heavy atom. The fraction of sp³-hybridized carbons (Fsp3) is 0.300. The van der Waals surface area contributed by atoms with Gasteiger partial charge in [0.05, 0.1) is 10.9 Å². The van der Waals surface area contributed by atoms with Crippen LogP contribution in [0, 0.1) is 5.82 Å². The highest BCUT2D eigenvalue weighted by Gasteiger charge is 2.33. The summed E-state index contributed by atoms with van der Waals surface area (Å²) >= 11 is 5.44. The summed E-state index contributed by atoms with van der Waals surface area (Å²) in [6.45, 7) is 1.29. The van der Waals surface area contributed by atoms with Crippen LogP contribution in [0.2, 0.25) is 0 Å². The van der Waals surface area contributed by atoms with E-state index in [-0.39, 0.29) is 0 Å². The number of Topliss-reactive ketones (excluding diaryl/α,β-unsaturated/α-hetero) is 1. The molecule has 94 valence electrons. The Bertz CT molecular complexity index is 429. The van der Waals surface area contributed by atoms with E-state index in [1.807, 2.05) is 0 Å². The minimum Gasteiger partial charge on any atom is -0.403 e. The van der Waals surface area contributed by atoms with Crippen molar-refractivity contribution < 1.29 is 27.1 Å². The molecule has 1 unspecified atom stereocenters. The summed E-state index contributed by atoms with van der Waals surface area (Å²) in [4.78, 5) is 11.4. The summed E-state index contributed by atoms with van der Waals surface area (Å²) in [6.07, 6.45) is -5.02. The highest BCUT2D eigenvalue weighted by molar-refractivity contribution is 6.33. The van der Waals surface area contributed by atoms with Gasteiger partial charge >= 0.3 is 6.36 Å². The molecule has 0 heterocycles. The van der Waals surface area contributed by atoms with Crippen molar-refractivity contribution in [2.24, 2.45) is 0 Å². The second kappa shape index (κ2) is 4.91. The van der Waals surface area contributed by atoms with Crippen LogP contribution < -0.4 is 4.74 Å². The predicted octanol–water partition coefficient (Wildman–Crippen LogP) is 3.53. The quantitative estimate of drug-likeness (QED) is 0.477. The number of halogens is 5. The molecule has 1 atom stereocenters. The molecule has 0 saturated carbocycles. The molecule has 1 aromatic rings. The van der Waals surface area contributed by atoms with Gasteiger partial charge in [0.2, 0.25) is 0 Å². The van der Waals surface area contributed by atoms with Gasteiger partial charge in [-0.05, 0) is 19.1 Å². The molecule has 0 amide bonds. The molecular formula is C10H7ClF4O2. The van der Waals surface area contributed by atoms with Gasteiger partial charge in [-0.3, -0.25) is 4.79 Å². The molecule has 2 nitrogen and oxygen atoms in total. The highest BCUT2D eigenvalue weighted by atomic mass is 35.5. The minimum absolute atomic E-state index is 0.533. The van der Waals surface area contributed by atoms with E-state index in [4.69, 9.17) is 11.6 Å². The van der Waals surface area contributed by atoms with Gasteiger partial charge in [0.1, 0.15) is 0 Å². The van der Waals surface area contributed by atoms with Crippen molar-refractivity contribution in [1.29, 1.82) is 0 Å². The Hall–Kier alpha value is -1.30. The van der Waals surface area contributed by atoms with Crippen molar-refractivity contribution in [1.82, 2.24) is 0 Å². The summed E-state index contributed by atoms with van der Waals surface area (Å²) < 4.78 is 52.7. The molecule has 0 N–H and O–H groups in total. The number of carbonyl (C=O) groups excluding carboxylic acids is 1. The maximum atomic E-state index is 13.5. The molecule has 1 rings (SSSR count). The molecule has 17 heavy (non-hydrogen) atoms. The standard InChI is InChI=1S/C10H7ClF4O2/c1-5(11)9(16)6-3-2-4-7(8(6)12)17-10(13,14)15/h2-5H,1H3. The lowest BCUT2D eigenvalue weighted by Gasteiger charge is -2.11. The van der Waals surface area contributed by atoms with Gasteiger partial charge in [-0.2, -0.15) is 0 Å². The Balaban J connectivity index is 3.12. The molecule has 0 radical (unpaired) electrons. The van der Waals surface area contributed by atoms with E-state index in [0.29, 0.717) is 0 Å².